The van der Waals surface area contributed by atoms with E-state index in [1.807, 2.05) is 46.1 Å². The molecule has 1 saturated carbocycles. The summed E-state index contributed by atoms with van der Waals surface area (Å²) in [5.74, 6) is -1.38. The number of carbonyl (C=O) groups excluding carboxylic acids is 3. The fraction of sp³-hybridized carbons (Fsp3) is 0.628. The number of hydrogen-bond donors (Lipinski definition) is 5. The zero-order valence-corrected chi connectivity index (χ0v) is 38.6. The number of aliphatic carboxylic acids is 1. The maximum Gasteiger partial charge on any atom is 0.329 e. The van der Waals surface area contributed by atoms with Crippen molar-refractivity contribution in [1.82, 2.24) is 35.1 Å². The molecular weight excluding hydrogens is 837 g/mol. The number of nitrogens with zero attached hydrogens (tertiary/aromatic N) is 4. The normalized spacial score (nSPS) is 24.3. The molecule has 2 saturated heterocycles. The topological polar surface area (TPSA) is 221 Å². The van der Waals surface area contributed by atoms with Crippen LogP contribution in [0.25, 0.3) is 22.3 Å². The van der Waals surface area contributed by atoms with Crippen molar-refractivity contribution in [3.8, 4) is 22.9 Å². The minimum Gasteiger partial charge on any atom is -0.497 e. The van der Waals surface area contributed by atoms with Crippen LogP contribution in [-0.2, 0) is 24.4 Å². The number of pyridine rings is 1. The van der Waals surface area contributed by atoms with E-state index in [9.17, 15) is 32.7 Å². The molecule has 3 aliphatic rings. The molecule has 340 valence electrons. The Morgan fingerprint density at radius 3 is 2.45 bits per heavy atom. The Labute approximate surface area is 368 Å². The average molecular weight is 899 g/mol. The monoisotopic (exact) mass is 898 g/mol. The maximum absolute atomic E-state index is 14.8. The number of sulfonamides is 1. The molecule has 5 N–H and O–H groups in total. The Kier molecular flexibility index (Phi) is 14.3. The van der Waals surface area contributed by atoms with Gasteiger partial charge in [0.2, 0.25) is 21.8 Å². The summed E-state index contributed by atoms with van der Waals surface area (Å²) < 4.78 is 38.0. The first-order valence-electron chi connectivity index (χ1n) is 21.4. The van der Waals surface area contributed by atoms with Crippen molar-refractivity contribution in [3.63, 3.8) is 0 Å². The highest BCUT2D eigenvalue weighted by molar-refractivity contribution is 7.88. The van der Waals surface area contributed by atoms with Gasteiger partial charge in [0.05, 0.1) is 31.1 Å². The van der Waals surface area contributed by atoms with Crippen LogP contribution in [0.15, 0.2) is 29.6 Å². The Morgan fingerprint density at radius 2 is 1.79 bits per heavy atom. The highest BCUT2D eigenvalue weighted by atomic mass is 32.2. The largest absolute Gasteiger partial charge is 0.497 e. The van der Waals surface area contributed by atoms with Gasteiger partial charge in [0.1, 0.15) is 40.9 Å². The number of aromatic nitrogens is 2. The van der Waals surface area contributed by atoms with Crippen molar-refractivity contribution in [2.45, 2.75) is 128 Å². The van der Waals surface area contributed by atoms with Crippen LogP contribution in [0, 0.1) is 11.3 Å². The second kappa shape index (κ2) is 18.9. The number of fused-ring (bicyclic) bond motifs is 3. The second-order valence-corrected chi connectivity index (χ2v) is 21.3. The molecule has 0 radical (unpaired) electrons. The molecule has 6 rings (SSSR count). The van der Waals surface area contributed by atoms with Crippen LogP contribution < -0.4 is 30.7 Å². The van der Waals surface area contributed by atoms with Gasteiger partial charge in [-0.2, -0.15) is 0 Å². The van der Waals surface area contributed by atoms with Gasteiger partial charge in [-0.15, -0.1) is 11.3 Å². The first-order chi connectivity index (χ1) is 29.2. The van der Waals surface area contributed by atoms with Gasteiger partial charge in [-0.1, -0.05) is 52.9 Å². The van der Waals surface area contributed by atoms with E-state index >= 15 is 0 Å². The van der Waals surface area contributed by atoms with Gasteiger partial charge in [0.15, 0.2) is 5.13 Å². The van der Waals surface area contributed by atoms with E-state index in [1.165, 1.54) is 27.6 Å². The fourth-order valence-electron chi connectivity index (χ4n) is 8.25. The number of methoxy groups -OCH3 is 1. The first-order valence-corrected chi connectivity index (χ1v) is 24.1. The zero-order chi connectivity index (χ0) is 45.1. The number of rotatable bonds is 12. The van der Waals surface area contributed by atoms with Gasteiger partial charge in [-0.25, -0.2) is 32.3 Å². The van der Waals surface area contributed by atoms with Crippen LogP contribution >= 0.6 is 11.3 Å². The standard InChI is InChI=1S/C43H62N8O9S2/c1-25(2)44-41-47-33(24-61-41)32-20-35(29-17-16-27(59-7)18-31(29)45-32)60-28-19-34-37(52)49-43(39(54)55)21-26(43)14-12-10-9-11-13-15-30(38(53)51(34)22-28)46-40(56)48-36(42(3,4)5)23-50(6)62(8,57)58/h16-18,20,24-26,28,30,34,36H,9-15,19,21-23H2,1-8H3,(H,44,47)(H,49,52)(H,54,55)(H2,46,48,56)/t26-,28+,30-,34-,36?,43+/m0/s1. The lowest BCUT2D eigenvalue weighted by Crippen LogP contribution is -2.59. The predicted octanol–water partition coefficient (Wildman–Crippen LogP) is 5.21. The summed E-state index contributed by atoms with van der Waals surface area (Å²) in [6.45, 7) is 9.68. The van der Waals surface area contributed by atoms with E-state index in [4.69, 9.17) is 19.4 Å². The van der Waals surface area contributed by atoms with E-state index in [0.29, 0.717) is 53.1 Å². The molecule has 1 aliphatic carbocycles. The second-order valence-electron chi connectivity index (χ2n) is 18.4. The molecule has 4 amide bonds. The molecule has 19 heteroatoms. The Balaban J connectivity index is 1.32. The maximum atomic E-state index is 14.8. The number of amides is 4. The number of urea groups is 1. The molecule has 3 fully saturated rings. The number of hydrogen-bond acceptors (Lipinski definition) is 12. The van der Waals surface area contributed by atoms with Crippen molar-refractivity contribution >= 4 is 61.2 Å². The number of benzene rings is 1. The van der Waals surface area contributed by atoms with Crippen molar-refractivity contribution in [2.75, 3.05) is 38.8 Å². The third kappa shape index (κ3) is 11.1. The summed E-state index contributed by atoms with van der Waals surface area (Å²) in [7, 11) is -0.538. The zero-order valence-electron chi connectivity index (χ0n) is 36.9. The fourth-order valence-corrected chi connectivity index (χ4v) is 9.53. The molecule has 4 heterocycles. The number of nitrogens with one attached hydrogen (secondary N) is 4. The van der Waals surface area contributed by atoms with Crippen molar-refractivity contribution in [2.24, 2.45) is 11.3 Å². The minimum absolute atomic E-state index is 0.00469. The van der Waals surface area contributed by atoms with E-state index < -0.39 is 69.0 Å². The molecule has 3 aromatic rings. The van der Waals surface area contributed by atoms with Crippen molar-refractivity contribution < 1.29 is 42.2 Å². The van der Waals surface area contributed by atoms with Crippen LogP contribution in [0.5, 0.6) is 11.5 Å². The molecule has 6 atom stereocenters. The van der Waals surface area contributed by atoms with Crippen LogP contribution in [0.1, 0.15) is 92.4 Å². The Hall–Kier alpha value is -4.75. The van der Waals surface area contributed by atoms with Gasteiger partial charge in [-0.3, -0.25) is 9.59 Å². The number of likely N-dealkylation sites (N-methyl/N-ethyl adjacent to an activating group) is 1. The third-order valence-electron chi connectivity index (χ3n) is 12.1. The van der Waals surface area contributed by atoms with Gasteiger partial charge in [-0.05, 0) is 56.6 Å². The van der Waals surface area contributed by atoms with E-state index in [2.05, 4.69) is 21.3 Å². The number of thiazole rings is 1. The van der Waals surface area contributed by atoms with Crippen LogP contribution in [0.2, 0.25) is 0 Å². The quantitative estimate of drug-likeness (QED) is 0.158. The summed E-state index contributed by atoms with van der Waals surface area (Å²) in [5.41, 5.74) is -0.219. The van der Waals surface area contributed by atoms with Gasteiger partial charge in [0.25, 0.3) is 0 Å². The summed E-state index contributed by atoms with van der Waals surface area (Å²) in [6, 6.07) is 3.95. The third-order valence-corrected chi connectivity index (χ3v) is 14.2. The average Bonchev–Trinajstić information content (AvgIpc) is 3.46. The minimum atomic E-state index is -3.55. The number of carbonyl (C=O) groups is 4. The molecule has 1 unspecified atom stereocenters. The lowest BCUT2D eigenvalue weighted by atomic mass is 9.87. The van der Waals surface area contributed by atoms with Gasteiger partial charge in [0, 0.05) is 55.0 Å². The number of anilines is 1. The molecule has 2 aliphatic heterocycles. The SMILES string of the molecule is COc1ccc2c(O[C@@H]3C[C@H]4C(=O)N[C@]5(C(=O)O)C[C@@H]5CCCCCCC[C@H](NC(=O)NC(CN(C)S(C)(=O)=O)C(C)(C)C)C(=O)N4C3)cc(-c3csc(NC(C)C)n3)nc2c1. The first kappa shape index (κ1) is 46.7. The molecule has 2 aromatic heterocycles. The summed E-state index contributed by atoms with van der Waals surface area (Å²) in [5, 5.41) is 25.7. The van der Waals surface area contributed by atoms with Gasteiger partial charge < -0.3 is 40.7 Å². The summed E-state index contributed by atoms with van der Waals surface area (Å²) in [4.78, 5) is 66.8. The van der Waals surface area contributed by atoms with Crippen molar-refractivity contribution in [1.29, 1.82) is 0 Å². The Morgan fingerprint density at radius 1 is 1.08 bits per heavy atom. The van der Waals surface area contributed by atoms with Gasteiger partial charge >= 0.3 is 12.0 Å². The molecule has 17 nitrogen and oxygen atoms in total. The predicted molar refractivity (Wildman–Crippen MR) is 238 cm³/mol. The number of carboxylic acid groups (broad SMARTS) is 1. The summed E-state index contributed by atoms with van der Waals surface area (Å²) in [6.07, 6.45) is 5.63. The Bertz CT molecular complexity index is 2250. The molecular formula is C43H62N8O9S2. The number of ether oxygens (including phenoxy) is 2. The van der Waals surface area contributed by atoms with E-state index in [1.54, 1.807) is 25.3 Å². The van der Waals surface area contributed by atoms with Crippen LogP contribution in [0.4, 0.5) is 9.93 Å². The number of carboxylic acids is 1. The van der Waals surface area contributed by atoms with E-state index in [0.717, 1.165) is 37.1 Å². The highest BCUT2D eigenvalue weighted by Gasteiger charge is 2.62. The lowest BCUT2D eigenvalue weighted by molar-refractivity contribution is -0.145. The smallest absolute Gasteiger partial charge is 0.329 e. The van der Waals surface area contributed by atoms with E-state index in [-0.39, 0.29) is 37.9 Å². The summed E-state index contributed by atoms with van der Waals surface area (Å²) >= 11 is 1.45. The molecule has 0 spiro atoms. The lowest BCUT2D eigenvalue weighted by Gasteiger charge is -2.35. The van der Waals surface area contributed by atoms with Crippen LogP contribution in [-0.4, -0.2) is 126 Å². The van der Waals surface area contributed by atoms with Crippen LogP contribution in [0.3, 0.4) is 0 Å². The van der Waals surface area contributed by atoms with Crippen molar-refractivity contribution in [3.05, 3.63) is 29.6 Å². The molecule has 1 aromatic carbocycles. The molecule has 62 heavy (non-hydrogen) atoms. The highest BCUT2D eigenvalue weighted by Crippen LogP contribution is 2.48. The molecule has 0 bridgehead atoms.